The van der Waals surface area contributed by atoms with Crippen LogP contribution in [0.25, 0.3) is 11.1 Å². The number of rotatable bonds is 20. The molecule has 0 saturated carbocycles. The number of para-hydroxylation sites is 1. The van der Waals surface area contributed by atoms with Crippen LogP contribution in [0.1, 0.15) is 75.1 Å². The maximum absolute atomic E-state index is 12.8. The minimum atomic E-state index is -0.430. The van der Waals surface area contributed by atoms with Crippen LogP contribution in [0.5, 0.6) is 0 Å². The SMILES string of the molecule is CCC(=O)N(C)CCCN(C)C(=O)c1ccc(NCCCCCCC(=O)N(C)CCN2CCC(OC(=O)Nc3ccccc3-c3ccccc3)CC2)cc1. The number of anilines is 2. The number of hydrogen-bond acceptors (Lipinski definition) is 7. The van der Waals surface area contributed by atoms with Gasteiger partial charge in [-0.2, -0.15) is 0 Å². The van der Waals surface area contributed by atoms with E-state index < -0.39 is 6.09 Å². The molecule has 1 heterocycles. The standard InChI is InChI=1S/C43H60N6O5/c1-5-40(50)46(2)28-15-29-48(4)42(52)35-21-23-36(24-22-35)44-27-14-7-6-11-20-41(51)47(3)32-33-49-30-25-37(26-31-49)54-43(53)45-39-19-13-12-18-38(39)34-16-9-8-10-17-34/h8-10,12-13,16-19,21-24,37,44H,5-7,11,14-15,20,25-33H2,1-4H3,(H,45,53). The molecule has 4 amide bonds. The Morgan fingerprint density at radius 2 is 1.37 bits per heavy atom. The number of carbonyl (C=O) groups is 4. The Morgan fingerprint density at radius 3 is 2.09 bits per heavy atom. The van der Waals surface area contributed by atoms with Gasteiger partial charge in [-0.05, 0) is 68.0 Å². The second-order valence-electron chi connectivity index (χ2n) is 14.2. The predicted molar refractivity (Wildman–Crippen MR) is 217 cm³/mol. The summed E-state index contributed by atoms with van der Waals surface area (Å²) in [5, 5.41) is 6.36. The number of amides is 4. The summed E-state index contributed by atoms with van der Waals surface area (Å²) in [6.45, 7) is 7.06. The summed E-state index contributed by atoms with van der Waals surface area (Å²) >= 11 is 0. The summed E-state index contributed by atoms with van der Waals surface area (Å²) in [4.78, 5) is 57.6. The van der Waals surface area contributed by atoms with Gasteiger partial charge in [-0.15, -0.1) is 0 Å². The van der Waals surface area contributed by atoms with Gasteiger partial charge in [-0.1, -0.05) is 68.3 Å². The molecule has 1 aliphatic heterocycles. The van der Waals surface area contributed by atoms with Crippen molar-refractivity contribution < 1.29 is 23.9 Å². The van der Waals surface area contributed by atoms with E-state index in [1.165, 1.54) is 0 Å². The van der Waals surface area contributed by atoms with Gasteiger partial charge in [0.25, 0.3) is 5.91 Å². The number of nitrogens with zero attached hydrogens (tertiary/aromatic N) is 4. The largest absolute Gasteiger partial charge is 0.446 e. The topological polar surface area (TPSA) is 115 Å². The maximum atomic E-state index is 12.8. The van der Waals surface area contributed by atoms with E-state index in [9.17, 15) is 19.2 Å². The normalized spacial score (nSPS) is 13.2. The summed E-state index contributed by atoms with van der Waals surface area (Å²) in [6, 6.07) is 25.3. The molecule has 1 aliphatic rings. The van der Waals surface area contributed by atoms with E-state index in [2.05, 4.69) is 15.5 Å². The van der Waals surface area contributed by atoms with Crippen LogP contribution in [0.3, 0.4) is 0 Å². The van der Waals surface area contributed by atoms with Crippen molar-refractivity contribution in [2.45, 2.75) is 70.8 Å². The summed E-state index contributed by atoms with van der Waals surface area (Å²) in [6.07, 6.45) is 6.69. The third-order valence-corrected chi connectivity index (χ3v) is 10.1. The van der Waals surface area contributed by atoms with Gasteiger partial charge in [0.1, 0.15) is 6.10 Å². The van der Waals surface area contributed by atoms with Gasteiger partial charge in [0.2, 0.25) is 11.8 Å². The highest BCUT2D eigenvalue weighted by molar-refractivity contribution is 5.94. The molecule has 11 heteroatoms. The molecule has 0 spiro atoms. The molecule has 1 saturated heterocycles. The quantitative estimate of drug-likeness (QED) is 0.118. The van der Waals surface area contributed by atoms with E-state index in [-0.39, 0.29) is 23.8 Å². The number of likely N-dealkylation sites (N-methyl/N-ethyl adjacent to an activating group) is 1. The van der Waals surface area contributed by atoms with E-state index in [0.717, 1.165) is 93.6 Å². The van der Waals surface area contributed by atoms with Gasteiger partial charge >= 0.3 is 6.09 Å². The molecular formula is C43H60N6O5. The number of unbranched alkanes of at least 4 members (excludes halogenated alkanes) is 3. The van der Waals surface area contributed by atoms with E-state index >= 15 is 0 Å². The van der Waals surface area contributed by atoms with E-state index in [4.69, 9.17) is 4.74 Å². The fraction of sp³-hybridized carbons (Fsp3) is 0.488. The minimum absolute atomic E-state index is 0.0263. The molecule has 1 fully saturated rings. The first-order valence-corrected chi connectivity index (χ1v) is 19.6. The smallest absolute Gasteiger partial charge is 0.411 e. The van der Waals surface area contributed by atoms with Crippen molar-refractivity contribution in [3.8, 4) is 11.1 Å². The summed E-state index contributed by atoms with van der Waals surface area (Å²) < 4.78 is 5.78. The molecule has 0 aromatic heterocycles. The lowest BCUT2D eigenvalue weighted by Gasteiger charge is -2.32. The monoisotopic (exact) mass is 740 g/mol. The molecule has 54 heavy (non-hydrogen) atoms. The van der Waals surface area contributed by atoms with E-state index in [1.807, 2.05) is 97.7 Å². The average molecular weight is 741 g/mol. The molecule has 0 bridgehead atoms. The Bertz CT molecular complexity index is 1610. The molecule has 11 nitrogen and oxygen atoms in total. The number of likely N-dealkylation sites (tertiary alicyclic amines) is 1. The Kier molecular flexibility index (Phi) is 17.3. The summed E-state index contributed by atoms with van der Waals surface area (Å²) in [5.74, 6) is 0.264. The number of ether oxygens (including phenoxy) is 1. The molecule has 2 N–H and O–H groups in total. The van der Waals surface area contributed by atoms with Gasteiger partial charge in [0, 0.05) is 96.6 Å². The molecule has 292 valence electrons. The lowest BCUT2D eigenvalue weighted by atomic mass is 10.0. The predicted octanol–water partition coefficient (Wildman–Crippen LogP) is 7.22. The fourth-order valence-electron chi connectivity index (χ4n) is 6.59. The Balaban J connectivity index is 1.02. The molecule has 4 rings (SSSR count). The van der Waals surface area contributed by atoms with Gasteiger partial charge < -0.3 is 29.7 Å². The zero-order valence-corrected chi connectivity index (χ0v) is 32.7. The lowest BCUT2D eigenvalue weighted by molar-refractivity contribution is -0.130. The van der Waals surface area contributed by atoms with Crippen LogP contribution < -0.4 is 10.6 Å². The van der Waals surface area contributed by atoms with Crippen LogP contribution >= 0.6 is 0 Å². The Labute approximate surface area is 322 Å². The fourth-order valence-corrected chi connectivity index (χ4v) is 6.59. The average Bonchev–Trinajstić information content (AvgIpc) is 3.20. The van der Waals surface area contributed by atoms with Gasteiger partial charge in [0.05, 0.1) is 5.69 Å². The first-order chi connectivity index (χ1) is 26.1. The van der Waals surface area contributed by atoms with Crippen molar-refractivity contribution in [2.24, 2.45) is 0 Å². The Hall–Kier alpha value is -4.90. The zero-order valence-electron chi connectivity index (χ0n) is 32.7. The van der Waals surface area contributed by atoms with Crippen LogP contribution in [-0.2, 0) is 14.3 Å². The highest BCUT2D eigenvalue weighted by Crippen LogP contribution is 2.28. The van der Waals surface area contributed by atoms with Crippen LogP contribution in [0, 0.1) is 0 Å². The van der Waals surface area contributed by atoms with Crippen LogP contribution in [0.4, 0.5) is 16.2 Å². The number of piperidine rings is 1. The van der Waals surface area contributed by atoms with Crippen LogP contribution in [-0.4, -0.2) is 116 Å². The third-order valence-electron chi connectivity index (χ3n) is 10.1. The van der Waals surface area contributed by atoms with E-state index in [0.29, 0.717) is 38.0 Å². The van der Waals surface area contributed by atoms with Crippen molar-refractivity contribution in [2.75, 3.05) is 77.6 Å². The second kappa shape index (κ2) is 22.3. The molecular weight excluding hydrogens is 681 g/mol. The van der Waals surface area contributed by atoms with Crippen molar-refractivity contribution in [3.63, 3.8) is 0 Å². The highest BCUT2D eigenvalue weighted by atomic mass is 16.6. The van der Waals surface area contributed by atoms with Crippen molar-refractivity contribution in [1.29, 1.82) is 0 Å². The first-order valence-electron chi connectivity index (χ1n) is 19.6. The third kappa shape index (κ3) is 13.8. The number of nitrogens with one attached hydrogen (secondary N) is 2. The lowest BCUT2D eigenvalue weighted by Crippen LogP contribution is -2.42. The molecule has 0 unspecified atom stereocenters. The summed E-state index contributed by atoms with van der Waals surface area (Å²) in [7, 11) is 5.47. The number of carbonyl (C=O) groups excluding carboxylic acids is 4. The van der Waals surface area contributed by atoms with Gasteiger partial charge in [0.15, 0.2) is 0 Å². The molecule has 3 aromatic rings. The van der Waals surface area contributed by atoms with Crippen molar-refractivity contribution in [3.05, 3.63) is 84.4 Å². The van der Waals surface area contributed by atoms with Crippen molar-refractivity contribution in [1.82, 2.24) is 19.6 Å². The molecule has 0 aliphatic carbocycles. The highest BCUT2D eigenvalue weighted by Gasteiger charge is 2.23. The van der Waals surface area contributed by atoms with Crippen molar-refractivity contribution >= 4 is 35.2 Å². The number of hydrogen-bond donors (Lipinski definition) is 2. The van der Waals surface area contributed by atoms with Gasteiger partial charge in [-0.3, -0.25) is 19.7 Å². The summed E-state index contributed by atoms with van der Waals surface area (Å²) in [5.41, 5.74) is 4.35. The molecule has 0 radical (unpaired) electrons. The van der Waals surface area contributed by atoms with Gasteiger partial charge in [-0.25, -0.2) is 4.79 Å². The maximum Gasteiger partial charge on any atom is 0.411 e. The Morgan fingerprint density at radius 1 is 0.722 bits per heavy atom. The number of benzene rings is 3. The molecule has 3 aromatic carbocycles. The van der Waals surface area contributed by atoms with E-state index in [1.54, 1.807) is 23.9 Å². The van der Waals surface area contributed by atoms with Crippen LogP contribution in [0.2, 0.25) is 0 Å². The zero-order chi connectivity index (χ0) is 38.7. The van der Waals surface area contributed by atoms with Crippen LogP contribution in [0.15, 0.2) is 78.9 Å². The minimum Gasteiger partial charge on any atom is -0.446 e. The molecule has 0 atom stereocenters. The first kappa shape index (κ1) is 41.9. The second-order valence-corrected chi connectivity index (χ2v) is 14.2.